The van der Waals surface area contributed by atoms with Crippen LogP contribution in [0.4, 0.5) is 0 Å². The van der Waals surface area contributed by atoms with Gasteiger partial charge in [-0.3, -0.25) is 4.79 Å². The van der Waals surface area contributed by atoms with Gasteiger partial charge in [-0.1, -0.05) is 6.07 Å². The number of hydrogen-bond acceptors (Lipinski definition) is 6. The van der Waals surface area contributed by atoms with E-state index in [-0.39, 0.29) is 28.4 Å². The number of piperidine rings is 1. The van der Waals surface area contributed by atoms with Crippen LogP contribution >= 0.6 is 0 Å². The lowest BCUT2D eigenvalue weighted by Crippen LogP contribution is -2.82. The molecule has 2 aliphatic heterocycles. The van der Waals surface area contributed by atoms with Crippen molar-refractivity contribution in [2.24, 2.45) is 5.92 Å². The van der Waals surface area contributed by atoms with E-state index in [0.29, 0.717) is 50.4 Å². The van der Waals surface area contributed by atoms with Gasteiger partial charge in [0.25, 0.3) is 0 Å². The van der Waals surface area contributed by atoms with Gasteiger partial charge in [0.1, 0.15) is 24.8 Å². The van der Waals surface area contributed by atoms with Gasteiger partial charge in [0.05, 0.1) is 24.0 Å². The van der Waals surface area contributed by atoms with Crippen LogP contribution in [0.5, 0.6) is 11.5 Å². The Labute approximate surface area is 209 Å². The van der Waals surface area contributed by atoms with Gasteiger partial charge in [0.15, 0.2) is 17.5 Å². The van der Waals surface area contributed by atoms with Gasteiger partial charge in [-0.2, -0.15) is 4.65 Å². The summed E-state index contributed by atoms with van der Waals surface area (Å²) in [6.07, 6.45) is 10.3. The average molecular weight is 494 g/mol. The molecule has 1 aromatic heterocycles. The number of hydroxylamine groups is 3. The number of quaternary nitrogens is 1. The van der Waals surface area contributed by atoms with Crippen molar-refractivity contribution in [3.63, 3.8) is 0 Å². The third-order valence-electron chi connectivity index (χ3n) is 9.86. The molecule has 1 saturated heterocycles. The zero-order chi connectivity index (χ0) is 24.9. The molecule has 1 aromatic carbocycles. The van der Waals surface area contributed by atoms with Gasteiger partial charge in [-0.25, -0.2) is 5.21 Å². The lowest BCUT2D eigenvalue weighted by atomic mass is 9.48. The molecule has 1 unspecified atom stereocenters. The highest BCUT2D eigenvalue weighted by molar-refractivity contribution is 5.91. The molecule has 3 fully saturated rings. The largest absolute Gasteiger partial charge is 0.504 e. The molecule has 190 valence electrons. The number of likely N-dealkylation sites (tertiary alicyclic amines) is 1. The summed E-state index contributed by atoms with van der Waals surface area (Å²) in [6.45, 7) is 1.21. The summed E-state index contributed by atoms with van der Waals surface area (Å²) in [5.74, 6) is 0.869. The van der Waals surface area contributed by atoms with E-state index in [4.69, 9.17) is 9.15 Å². The van der Waals surface area contributed by atoms with Crippen molar-refractivity contribution in [1.29, 1.82) is 0 Å². The molecule has 8 heteroatoms. The predicted molar refractivity (Wildman–Crippen MR) is 129 cm³/mol. The number of hydrogen-bond donors (Lipinski definition) is 3. The Morgan fingerprint density at radius 3 is 2.83 bits per heavy atom. The van der Waals surface area contributed by atoms with E-state index >= 15 is 0 Å². The highest BCUT2D eigenvalue weighted by atomic mass is 16.6. The van der Waals surface area contributed by atoms with E-state index in [9.17, 15) is 20.2 Å². The zero-order valence-electron chi connectivity index (χ0n) is 20.5. The van der Waals surface area contributed by atoms with Crippen molar-refractivity contribution in [2.75, 3.05) is 20.1 Å². The number of nitrogens with zero attached hydrogens (tertiary/aromatic N) is 2. The SMILES string of the molecule is CN(C(=O)/C=C/c1ccoc1)[C@@H]1CC[C@@]2(O)[C@H]3Cc4ccc(O)c5c4[C@@]2(CC[N+]3(O)CC2CC2)[C@H]1O5. The first-order valence-electron chi connectivity index (χ1n) is 13.1. The fraction of sp³-hybridized carbons (Fsp3) is 0.536. The van der Waals surface area contributed by atoms with Gasteiger partial charge in [0, 0.05) is 43.0 Å². The Morgan fingerprint density at radius 2 is 2.08 bits per heavy atom. The Kier molecular flexibility index (Phi) is 4.58. The molecule has 1 amide bonds. The van der Waals surface area contributed by atoms with Crippen molar-refractivity contribution in [2.45, 2.75) is 67.7 Å². The molecule has 1 spiro atoms. The van der Waals surface area contributed by atoms with Crippen LogP contribution in [0.1, 0.15) is 48.8 Å². The van der Waals surface area contributed by atoms with Crippen LogP contribution in [-0.2, 0) is 16.6 Å². The van der Waals surface area contributed by atoms with E-state index in [1.165, 1.54) is 6.08 Å². The third kappa shape index (κ3) is 2.83. The number of phenols is 1. The topological polar surface area (TPSA) is 103 Å². The van der Waals surface area contributed by atoms with E-state index in [1.54, 1.807) is 42.7 Å². The standard InChI is InChI=1S/C28H32N2O6/c1-29(23(32)7-4-18-9-13-35-16-18)20-8-10-28(33)22-14-19-5-6-21(31)25-24(19)27(28,26(20)36-25)11-12-30(22,34)15-17-2-3-17/h4-7,9,13,16-17,20,22,26,33-34H,2-3,8,10-12,14-15H2,1H3/p+1/b7-4+/t20-,22-,26+,27+,28-,30?/m1/s1. The highest BCUT2D eigenvalue weighted by Crippen LogP contribution is 2.66. The van der Waals surface area contributed by atoms with E-state index in [1.807, 2.05) is 6.07 Å². The van der Waals surface area contributed by atoms with Gasteiger partial charge in [-0.15, -0.1) is 0 Å². The number of amides is 1. The molecule has 3 heterocycles. The first-order chi connectivity index (χ1) is 17.3. The second kappa shape index (κ2) is 7.37. The van der Waals surface area contributed by atoms with E-state index in [2.05, 4.69) is 0 Å². The Balaban J connectivity index is 1.30. The maximum Gasteiger partial charge on any atom is 0.246 e. The van der Waals surface area contributed by atoms with Crippen molar-refractivity contribution in [3.8, 4) is 11.5 Å². The van der Waals surface area contributed by atoms with Crippen LogP contribution in [-0.4, -0.2) is 74.8 Å². The van der Waals surface area contributed by atoms with Crippen molar-refractivity contribution >= 4 is 12.0 Å². The normalized spacial score (nSPS) is 38.0. The summed E-state index contributed by atoms with van der Waals surface area (Å²) in [6, 6.07) is 4.73. The molecule has 3 N–H and O–H groups in total. The van der Waals surface area contributed by atoms with Crippen molar-refractivity contribution < 1.29 is 34.0 Å². The quantitative estimate of drug-likeness (QED) is 0.437. The molecule has 5 aliphatic rings. The molecule has 36 heavy (non-hydrogen) atoms. The lowest BCUT2D eigenvalue weighted by Gasteiger charge is -2.64. The molecule has 8 nitrogen and oxygen atoms in total. The second-order valence-electron chi connectivity index (χ2n) is 11.6. The van der Waals surface area contributed by atoms with Gasteiger partial charge >= 0.3 is 0 Å². The molecule has 6 atom stereocenters. The summed E-state index contributed by atoms with van der Waals surface area (Å²) in [5, 5.41) is 35.3. The van der Waals surface area contributed by atoms with Crippen molar-refractivity contribution in [1.82, 2.24) is 4.90 Å². The average Bonchev–Trinajstić information content (AvgIpc) is 3.36. The van der Waals surface area contributed by atoms with Gasteiger partial charge in [-0.05, 0) is 49.5 Å². The molecule has 2 bridgehead atoms. The summed E-state index contributed by atoms with van der Waals surface area (Å²) in [4.78, 5) is 14.9. The minimum absolute atomic E-state index is 0.0687. The van der Waals surface area contributed by atoms with Crippen LogP contribution in [0.25, 0.3) is 6.08 Å². The molecule has 3 aliphatic carbocycles. The van der Waals surface area contributed by atoms with Crippen molar-refractivity contribution in [3.05, 3.63) is 53.5 Å². The Morgan fingerprint density at radius 1 is 1.25 bits per heavy atom. The molecule has 2 aromatic rings. The van der Waals surface area contributed by atoms with Gasteiger partial charge in [0.2, 0.25) is 5.91 Å². The van der Waals surface area contributed by atoms with Gasteiger partial charge < -0.3 is 24.3 Å². The summed E-state index contributed by atoms with van der Waals surface area (Å²) < 4.78 is 11.5. The number of carbonyl (C=O) groups excluding carboxylic acids is 1. The monoisotopic (exact) mass is 493 g/mol. The summed E-state index contributed by atoms with van der Waals surface area (Å²) >= 11 is 0. The maximum atomic E-state index is 13.2. The Hall–Kier alpha value is -2.81. The molecular weight excluding hydrogens is 460 g/mol. The number of rotatable bonds is 5. The number of benzene rings is 1. The van der Waals surface area contributed by atoms with E-state index < -0.39 is 17.1 Å². The zero-order valence-corrected chi connectivity index (χ0v) is 20.5. The third-order valence-corrected chi connectivity index (χ3v) is 9.86. The van der Waals surface area contributed by atoms with Crippen LogP contribution in [0.3, 0.4) is 0 Å². The summed E-state index contributed by atoms with van der Waals surface area (Å²) in [7, 11) is 1.78. The predicted octanol–water partition coefficient (Wildman–Crippen LogP) is 2.99. The minimum atomic E-state index is -1.18. The number of likely N-dealkylation sites (N-methyl/N-ethyl adjacent to an activating group) is 1. The minimum Gasteiger partial charge on any atom is -0.504 e. The molecule has 0 radical (unpaired) electrons. The first kappa shape index (κ1) is 22.4. The van der Waals surface area contributed by atoms with Crippen LogP contribution in [0.15, 0.2) is 41.2 Å². The first-order valence-corrected chi connectivity index (χ1v) is 13.1. The van der Waals surface area contributed by atoms with Crippen LogP contribution in [0.2, 0.25) is 0 Å². The Bertz CT molecular complexity index is 1250. The maximum absolute atomic E-state index is 13.2. The fourth-order valence-corrected chi connectivity index (χ4v) is 7.97. The second-order valence-corrected chi connectivity index (χ2v) is 11.6. The number of carbonyl (C=O) groups is 1. The number of phenolic OH excluding ortho intramolecular Hbond substituents is 1. The van der Waals surface area contributed by atoms with Crippen LogP contribution < -0.4 is 4.74 Å². The lowest BCUT2D eigenvalue weighted by molar-refractivity contribution is -1.13. The molecule has 2 saturated carbocycles. The number of furan rings is 1. The number of aromatic hydroxyl groups is 1. The highest BCUT2D eigenvalue weighted by Gasteiger charge is 2.77. The summed E-state index contributed by atoms with van der Waals surface area (Å²) in [5.41, 5.74) is 0.769. The molecular formula is C28H33N2O6+. The number of ether oxygens (including phenoxy) is 1. The number of aliphatic hydroxyl groups is 1. The smallest absolute Gasteiger partial charge is 0.246 e. The van der Waals surface area contributed by atoms with E-state index in [0.717, 1.165) is 29.5 Å². The van der Waals surface area contributed by atoms with Crippen LogP contribution in [0, 0.1) is 5.92 Å². The fourth-order valence-electron chi connectivity index (χ4n) is 7.97. The molecule has 7 rings (SSSR count).